The summed E-state index contributed by atoms with van der Waals surface area (Å²) in [5.41, 5.74) is 2.31. The minimum Gasteiger partial charge on any atom is -0.481 e. The molecule has 5 nitrogen and oxygen atoms in total. The van der Waals surface area contributed by atoms with Gasteiger partial charge in [0.25, 0.3) is 0 Å². The molecule has 2 aromatic rings. The molecular formula is C17H18N2O3. The van der Waals surface area contributed by atoms with E-state index in [1.165, 1.54) is 0 Å². The van der Waals surface area contributed by atoms with Gasteiger partial charge in [0.1, 0.15) is 0 Å². The van der Waals surface area contributed by atoms with Gasteiger partial charge in [-0.05, 0) is 19.1 Å². The Labute approximate surface area is 129 Å². The molecule has 0 spiro atoms. The van der Waals surface area contributed by atoms with Crippen LogP contribution in [-0.4, -0.2) is 27.9 Å². The number of carbonyl (C=O) groups is 2. The summed E-state index contributed by atoms with van der Waals surface area (Å²) in [5.74, 6) is -1.24. The normalized spacial score (nSPS) is 11.9. The summed E-state index contributed by atoms with van der Waals surface area (Å²) in [5, 5.41) is 12.0. The van der Waals surface area contributed by atoms with Gasteiger partial charge in [-0.2, -0.15) is 0 Å². The lowest BCUT2D eigenvalue weighted by atomic mass is 10.0. The van der Waals surface area contributed by atoms with Gasteiger partial charge in [-0.1, -0.05) is 35.9 Å². The Bertz CT molecular complexity index is 639. The molecule has 2 N–H and O–H groups in total. The van der Waals surface area contributed by atoms with Gasteiger partial charge in [-0.15, -0.1) is 0 Å². The Hall–Kier alpha value is -2.53. The summed E-state index contributed by atoms with van der Waals surface area (Å²) in [6, 6.07) is 11.8. The predicted molar refractivity (Wildman–Crippen MR) is 82.6 cm³/mol. The monoisotopic (exact) mass is 298 g/mol. The number of ketones is 1. The van der Waals surface area contributed by atoms with Crippen LogP contribution >= 0.6 is 0 Å². The maximum Gasteiger partial charge on any atom is 0.305 e. The number of aryl methyl sites for hydroxylation is 1. The first kappa shape index (κ1) is 15.9. The quantitative estimate of drug-likeness (QED) is 0.766. The molecule has 0 saturated heterocycles. The number of nitrogens with one attached hydrogen (secondary N) is 1. The highest BCUT2D eigenvalue weighted by molar-refractivity contribution is 6.01. The van der Waals surface area contributed by atoms with Crippen LogP contribution in [0.25, 0.3) is 0 Å². The number of nitrogens with zero attached hydrogens (tertiary/aromatic N) is 1. The zero-order valence-electron chi connectivity index (χ0n) is 12.3. The minimum absolute atomic E-state index is 0.224. The third kappa shape index (κ3) is 4.49. The van der Waals surface area contributed by atoms with Crippen molar-refractivity contribution in [3.63, 3.8) is 0 Å². The Kier molecular flexibility index (Phi) is 5.38. The largest absolute Gasteiger partial charge is 0.481 e. The highest BCUT2D eigenvalue weighted by Gasteiger charge is 2.22. The standard InChI is InChI=1S/C17H18N2O3/c1-12-5-7-13(8-6-12)17(22)15(10-16(20)21)19-11-14-4-2-3-9-18-14/h2-9,15,19H,10-11H2,1H3,(H,20,21). The molecule has 1 atom stereocenters. The lowest BCUT2D eigenvalue weighted by Crippen LogP contribution is -2.38. The van der Waals surface area contributed by atoms with Gasteiger partial charge in [0, 0.05) is 18.3 Å². The first-order valence-corrected chi connectivity index (χ1v) is 7.02. The molecule has 0 aliphatic carbocycles. The molecule has 0 fully saturated rings. The molecule has 1 heterocycles. The Morgan fingerprint density at radius 1 is 1.18 bits per heavy atom. The number of hydrogen-bond donors (Lipinski definition) is 2. The van der Waals surface area contributed by atoms with Gasteiger partial charge >= 0.3 is 5.97 Å². The van der Waals surface area contributed by atoms with Crippen molar-refractivity contribution in [3.8, 4) is 0 Å². The molecule has 0 amide bonds. The van der Waals surface area contributed by atoms with Crippen molar-refractivity contribution in [1.82, 2.24) is 10.3 Å². The third-order valence-corrected chi connectivity index (χ3v) is 3.29. The van der Waals surface area contributed by atoms with Crippen LogP contribution in [0.4, 0.5) is 0 Å². The minimum atomic E-state index is -1.01. The lowest BCUT2D eigenvalue weighted by molar-refractivity contribution is -0.137. The van der Waals surface area contributed by atoms with E-state index in [0.717, 1.165) is 11.3 Å². The number of aliphatic carboxylic acids is 1. The number of hydrogen-bond acceptors (Lipinski definition) is 4. The van der Waals surface area contributed by atoms with Gasteiger partial charge in [0.05, 0.1) is 18.2 Å². The van der Waals surface area contributed by atoms with Crippen LogP contribution in [0.15, 0.2) is 48.7 Å². The molecule has 22 heavy (non-hydrogen) atoms. The average Bonchev–Trinajstić information content (AvgIpc) is 2.52. The molecule has 1 unspecified atom stereocenters. The zero-order chi connectivity index (χ0) is 15.9. The van der Waals surface area contributed by atoms with E-state index in [1.807, 2.05) is 31.2 Å². The van der Waals surface area contributed by atoms with E-state index >= 15 is 0 Å². The molecule has 1 aromatic heterocycles. The van der Waals surface area contributed by atoms with Crippen molar-refractivity contribution >= 4 is 11.8 Å². The summed E-state index contributed by atoms with van der Waals surface area (Å²) >= 11 is 0. The van der Waals surface area contributed by atoms with Gasteiger partial charge in [-0.3, -0.25) is 14.6 Å². The highest BCUT2D eigenvalue weighted by Crippen LogP contribution is 2.09. The Morgan fingerprint density at radius 3 is 2.50 bits per heavy atom. The SMILES string of the molecule is Cc1ccc(C(=O)C(CC(=O)O)NCc2ccccn2)cc1. The highest BCUT2D eigenvalue weighted by atomic mass is 16.4. The number of pyridine rings is 1. The van der Waals surface area contributed by atoms with Crippen LogP contribution < -0.4 is 5.32 Å². The van der Waals surface area contributed by atoms with Crippen LogP contribution in [0, 0.1) is 6.92 Å². The fourth-order valence-corrected chi connectivity index (χ4v) is 2.08. The third-order valence-electron chi connectivity index (χ3n) is 3.29. The average molecular weight is 298 g/mol. The summed E-state index contributed by atoms with van der Waals surface area (Å²) in [6.45, 7) is 2.28. The van der Waals surface area contributed by atoms with Crippen LogP contribution in [0.3, 0.4) is 0 Å². The Balaban J connectivity index is 2.09. The first-order valence-electron chi connectivity index (χ1n) is 7.02. The number of Topliss-reactive ketones (excluding diaryl/α,β-unsaturated/α-hetero) is 1. The van der Waals surface area contributed by atoms with E-state index in [2.05, 4.69) is 10.3 Å². The molecule has 114 valence electrons. The fourth-order valence-electron chi connectivity index (χ4n) is 2.08. The molecule has 0 saturated carbocycles. The molecule has 0 aliphatic heterocycles. The van der Waals surface area contributed by atoms with E-state index in [4.69, 9.17) is 5.11 Å². The van der Waals surface area contributed by atoms with Crippen LogP contribution in [-0.2, 0) is 11.3 Å². The smallest absolute Gasteiger partial charge is 0.305 e. The molecule has 5 heteroatoms. The number of carboxylic acid groups (broad SMARTS) is 1. The maximum absolute atomic E-state index is 12.5. The van der Waals surface area contributed by atoms with E-state index in [9.17, 15) is 9.59 Å². The van der Waals surface area contributed by atoms with E-state index < -0.39 is 12.0 Å². The molecule has 2 rings (SSSR count). The summed E-state index contributed by atoms with van der Waals surface area (Å²) < 4.78 is 0. The molecule has 1 aromatic carbocycles. The molecule has 0 aliphatic rings. The second-order valence-electron chi connectivity index (χ2n) is 5.08. The van der Waals surface area contributed by atoms with Crippen LogP contribution in [0.1, 0.15) is 28.0 Å². The number of carboxylic acids is 1. The summed E-state index contributed by atoms with van der Waals surface area (Å²) in [4.78, 5) is 27.6. The van der Waals surface area contributed by atoms with Crippen LogP contribution in [0.5, 0.6) is 0 Å². The van der Waals surface area contributed by atoms with Crippen molar-refractivity contribution in [2.24, 2.45) is 0 Å². The zero-order valence-corrected chi connectivity index (χ0v) is 12.3. The molecular weight excluding hydrogens is 280 g/mol. The van der Waals surface area contributed by atoms with Crippen molar-refractivity contribution in [1.29, 1.82) is 0 Å². The number of carbonyl (C=O) groups excluding carboxylic acids is 1. The molecule has 0 bridgehead atoms. The van der Waals surface area contributed by atoms with Crippen molar-refractivity contribution in [2.75, 3.05) is 0 Å². The fraction of sp³-hybridized carbons (Fsp3) is 0.235. The van der Waals surface area contributed by atoms with Gasteiger partial charge in [0.15, 0.2) is 5.78 Å². The number of benzene rings is 1. The summed E-state index contributed by atoms with van der Waals surface area (Å²) in [6.07, 6.45) is 1.39. The Morgan fingerprint density at radius 2 is 1.91 bits per heavy atom. The number of aromatic nitrogens is 1. The van der Waals surface area contributed by atoms with Gasteiger partial charge < -0.3 is 10.4 Å². The van der Waals surface area contributed by atoms with Crippen LogP contribution in [0.2, 0.25) is 0 Å². The van der Waals surface area contributed by atoms with Gasteiger partial charge in [0.2, 0.25) is 0 Å². The van der Waals surface area contributed by atoms with Crippen molar-refractivity contribution < 1.29 is 14.7 Å². The van der Waals surface area contributed by atoms with E-state index in [0.29, 0.717) is 12.1 Å². The van der Waals surface area contributed by atoms with Gasteiger partial charge in [-0.25, -0.2) is 0 Å². The second kappa shape index (κ2) is 7.47. The maximum atomic E-state index is 12.5. The molecule has 0 radical (unpaired) electrons. The topological polar surface area (TPSA) is 79.3 Å². The lowest BCUT2D eigenvalue weighted by Gasteiger charge is -2.16. The van der Waals surface area contributed by atoms with Crippen molar-refractivity contribution in [3.05, 3.63) is 65.5 Å². The summed E-state index contributed by atoms with van der Waals surface area (Å²) in [7, 11) is 0. The predicted octanol–water partition coefficient (Wildman–Crippen LogP) is 2.21. The van der Waals surface area contributed by atoms with E-state index in [1.54, 1.807) is 24.4 Å². The number of rotatable bonds is 7. The van der Waals surface area contributed by atoms with Crippen molar-refractivity contribution in [2.45, 2.75) is 25.9 Å². The van der Waals surface area contributed by atoms with E-state index in [-0.39, 0.29) is 12.2 Å². The second-order valence-corrected chi connectivity index (χ2v) is 5.08. The first-order chi connectivity index (χ1) is 10.6.